The van der Waals surface area contributed by atoms with Crippen LogP contribution < -0.4 is 11.1 Å². The van der Waals surface area contributed by atoms with Crippen LogP contribution in [0.5, 0.6) is 0 Å². The Morgan fingerprint density at radius 1 is 1.12 bits per heavy atom. The molecule has 0 spiro atoms. The molecule has 1 unspecified atom stereocenters. The second-order valence-corrected chi connectivity index (χ2v) is 10.2. The van der Waals surface area contributed by atoms with Crippen LogP contribution in [0.15, 0.2) is 18.5 Å². The Labute approximate surface area is 189 Å². The van der Waals surface area contributed by atoms with Crippen LogP contribution in [0, 0.1) is 17.8 Å². The molecule has 5 rings (SSSR count). The molecule has 0 aliphatic heterocycles. The van der Waals surface area contributed by atoms with E-state index in [0.29, 0.717) is 30.1 Å². The van der Waals surface area contributed by atoms with Crippen LogP contribution in [-0.4, -0.2) is 32.4 Å². The van der Waals surface area contributed by atoms with E-state index >= 15 is 0 Å². The lowest BCUT2D eigenvalue weighted by molar-refractivity contribution is -0.134. The van der Waals surface area contributed by atoms with Crippen LogP contribution in [0.1, 0.15) is 81.1 Å². The minimum Gasteiger partial charge on any atom is -0.349 e. The van der Waals surface area contributed by atoms with Crippen molar-refractivity contribution in [2.75, 3.05) is 0 Å². The van der Waals surface area contributed by atoms with E-state index in [9.17, 15) is 22.4 Å². The summed E-state index contributed by atoms with van der Waals surface area (Å²) in [5.41, 5.74) is 8.39. The molecule has 33 heavy (non-hydrogen) atoms. The van der Waals surface area contributed by atoms with E-state index in [2.05, 4.69) is 15.4 Å². The maximum absolute atomic E-state index is 13.5. The number of nitrogens with zero attached hydrogens (tertiary/aromatic N) is 3. The number of fused-ring (bicyclic) bond motifs is 1. The summed E-state index contributed by atoms with van der Waals surface area (Å²) in [4.78, 5) is 17.1. The molecule has 2 aromatic heterocycles. The fourth-order valence-corrected chi connectivity index (χ4v) is 5.23. The van der Waals surface area contributed by atoms with E-state index in [1.807, 2.05) is 6.07 Å². The van der Waals surface area contributed by atoms with Crippen LogP contribution in [0.25, 0.3) is 5.65 Å². The van der Waals surface area contributed by atoms with Gasteiger partial charge >= 0.3 is 0 Å². The number of amides is 1. The molecule has 3 saturated carbocycles. The van der Waals surface area contributed by atoms with Crippen LogP contribution in [0.3, 0.4) is 0 Å². The number of nitrogens with one attached hydrogen (secondary N) is 1. The molecule has 0 bridgehead atoms. The Kier molecular flexibility index (Phi) is 5.61. The third kappa shape index (κ3) is 5.00. The Hall–Kier alpha value is -2.23. The van der Waals surface area contributed by atoms with Crippen molar-refractivity contribution in [2.24, 2.45) is 23.5 Å². The summed E-state index contributed by atoms with van der Waals surface area (Å²) in [5.74, 6) is -5.47. The number of alkyl halides is 4. The third-order valence-electron chi connectivity index (χ3n) is 7.39. The van der Waals surface area contributed by atoms with Gasteiger partial charge in [-0.2, -0.15) is 5.10 Å². The summed E-state index contributed by atoms with van der Waals surface area (Å²) in [6, 6.07) is 1.19. The molecular formula is C23H29F4N5O. The maximum atomic E-state index is 13.5. The predicted octanol–water partition coefficient (Wildman–Crippen LogP) is 4.56. The minimum atomic E-state index is -2.63. The number of rotatable bonds is 7. The quantitative estimate of drug-likeness (QED) is 0.585. The van der Waals surface area contributed by atoms with Crippen LogP contribution >= 0.6 is 0 Å². The van der Waals surface area contributed by atoms with Crippen molar-refractivity contribution in [1.29, 1.82) is 0 Å². The van der Waals surface area contributed by atoms with E-state index in [1.54, 1.807) is 16.9 Å². The fourth-order valence-electron chi connectivity index (χ4n) is 5.23. The highest BCUT2D eigenvalue weighted by Gasteiger charge is 2.46. The third-order valence-corrected chi connectivity index (χ3v) is 7.39. The topological polar surface area (TPSA) is 85.3 Å². The lowest BCUT2D eigenvalue weighted by atomic mass is 9.79. The number of carbonyl (C=O) groups excluding carboxylic acids is 1. The summed E-state index contributed by atoms with van der Waals surface area (Å²) in [5, 5.41) is 7.45. The molecular weight excluding hydrogens is 438 g/mol. The van der Waals surface area contributed by atoms with Gasteiger partial charge in [0.1, 0.15) is 0 Å². The first-order chi connectivity index (χ1) is 15.6. The Morgan fingerprint density at radius 2 is 1.82 bits per heavy atom. The molecule has 10 heteroatoms. The zero-order valence-electron chi connectivity index (χ0n) is 18.3. The molecule has 0 radical (unpaired) electrons. The molecule has 1 amide bonds. The van der Waals surface area contributed by atoms with Gasteiger partial charge < -0.3 is 11.1 Å². The second-order valence-electron chi connectivity index (χ2n) is 10.2. The van der Waals surface area contributed by atoms with Crippen molar-refractivity contribution in [3.63, 3.8) is 0 Å². The van der Waals surface area contributed by atoms with Crippen molar-refractivity contribution >= 4 is 11.6 Å². The minimum absolute atomic E-state index is 0.0496. The van der Waals surface area contributed by atoms with E-state index in [-0.39, 0.29) is 55.9 Å². The standard InChI is InChI=1S/C23H29F4N5O/c24-22(25)5-3-14(4-6-22)20(28)17-12-32-18(30-17)8-16(11-29-32)21(15-1-2-15)31-19(33)7-13-9-23(26,27)10-13/h8,11-15,20-21H,1-7,9-10,28H2,(H,31,33)/t20-,21?/m0/s1. The average molecular weight is 468 g/mol. The fraction of sp³-hybridized carbons (Fsp3) is 0.696. The zero-order chi connectivity index (χ0) is 23.4. The van der Waals surface area contributed by atoms with Gasteiger partial charge in [0, 0.05) is 32.1 Å². The Balaban J connectivity index is 1.27. The molecule has 3 N–H and O–H groups in total. The highest BCUT2D eigenvalue weighted by atomic mass is 19.3. The number of aromatic nitrogens is 3. The largest absolute Gasteiger partial charge is 0.349 e. The first-order valence-corrected chi connectivity index (χ1v) is 11.7. The van der Waals surface area contributed by atoms with Gasteiger partial charge in [-0.25, -0.2) is 27.1 Å². The smallest absolute Gasteiger partial charge is 0.248 e. The van der Waals surface area contributed by atoms with E-state index < -0.39 is 17.9 Å². The van der Waals surface area contributed by atoms with Crippen molar-refractivity contribution in [3.05, 3.63) is 29.7 Å². The highest BCUT2D eigenvalue weighted by molar-refractivity contribution is 5.77. The molecule has 3 aliphatic carbocycles. The number of halogens is 4. The van der Waals surface area contributed by atoms with E-state index in [4.69, 9.17) is 5.73 Å². The first kappa shape index (κ1) is 22.6. The van der Waals surface area contributed by atoms with Crippen molar-refractivity contribution in [1.82, 2.24) is 19.9 Å². The summed E-state index contributed by atoms with van der Waals surface area (Å²) in [6.07, 6.45) is 5.47. The van der Waals surface area contributed by atoms with Gasteiger partial charge in [-0.1, -0.05) is 0 Å². The molecule has 3 aliphatic rings. The number of nitrogens with two attached hydrogens (primary N) is 1. The van der Waals surface area contributed by atoms with Gasteiger partial charge in [0.25, 0.3) is 0 Å². The van der Waals surface area contributed by atoms with Crippen LogP contribution in [-0.2, 0) is 4.79 Å². The molecule has 0 saturated heterocycles. The lowest BCUT2D eigenvalue weighted by Crippen LogP contribution is -2.39. The zero-order valence-corrected chi connectivity index (χ0v) is 18.3. The molecule has 2 heterocycles. The van der Waals surface area contributed by atoms with Crippen LogP contribution in [0.2, 0.25) is 0 Å². The van der Waals surface area contributed by atoms with Gasteiger partial charge in [-0.05, 0) is 55.1 Å². The predicted molar refractivity (Wildman–Crippen MR) is 113 cm³/mol. The second kappa shape index (κ2) is 8.21. The van der Waals surface area contributed by atoms with E-state index in [1.165, 1.54) is 0 Å². The SMILES string of the molecule is N[C@H](c1cn2ncc(C(NC(=O)CC3CC(F)(F)C3)C3CC3)cc2n1)C1CCC(F)(F)CC1. The summed E-state index contributed by atoms with van der Waals surface area (Å²) in [6.45, 7) is 0. The number of hydrogen-bond acceptors (Lipinski definition) is 4. The van der Waals surface area contributed by atoms with Crippen molar-refractivity contribution < 1.29 is 22.4 Å². The lowest BCUT2D eigenvalue weighted by Gasteiger charge is -2.34. The van der Waals surface area contributed by atoms with Gasteiger partial charge in [0.05, 0.1) is 30.2 Å². The van der Waals surface area contributed by atoms with Crippen molar-refractivity contribution in [3.8, 4) is 0 Å². The molecule has 2 aromatic rings. The van der Waals surface area contributed by atoms with E-state index in [0.717, 1.165) is 18.4 Å². The summed E-state index contributed by atoms with van der Waals surface area (Å²) in [7, 11) is 0. The van der Waals surface area contributed by atoms with Gasteiger partial charge in [-0.15, -0.1) is 0 Å². The molecule has 180 valence electrons. The normalized spacial score (nSPS) is 24.9. The average Bonchev–Trinajstić information content (AvgIpc) is 3.48. The van der Waals surface area contributed by atoms with Crippen molar-refractivity contribution in [2.45, 2.75) is 81.7 Å². The number of hydrogen-bond donors (Lipinski definition) is 2. The van der Waals surface area contributed by atoms with Gasteiger partial charge in [0.2, 0.25) is 17.8 Å². The number of imidazole rings is 1. The Bertz CT molecular complexity index is 1020. The van der Waals surface area contributed by atoms with Crippen LogP contribution in [0.4, 0.5) is 17.6 Å². The monoisotopic (exact) mass is 467 g/mol. The first-order valence-electron chi connectivity index (χ1n) is 11.7. The molecule has 2 atom stereocenters. The summed E-state index contributed by atoms with van der Waals surface area (Å²) < 4.78 is 54.7. The van der Waals surface area contributed by atoms with Gasteiger partial charge in [-0.3, -0.25) is 4.79 Å². The molecule has 0 aromatic carbocycles. The van der Waals surface area contributed by atoms with Gasteiger partial charge in [0.15, 0.2) is 5.65 Å². The molecule has 6 nitrogen and oxygen atoms in total. The highest BCUT2D eigenvalue weighted by Crippen LogP contribution is 2.45. The molecule has 3 fully saturated rings. The number of carbonyl (C=O) groups is 1. The maximum Gasteiger partial charge on any atom is 0.248 e. The summed E-state index contributed by atoms with van der Waals surface area (Å²) >= 11 is 0. The Morgan fingerprint density at radius 3 is 2.45 bits per heavy atom.